The highest BCUT2D eigenvalue weighted by Crippen LogP contribution is 2.18. The van der Waals surface area contributed by atoms with E-state index in [2.05, 4.69) is 16.9 Å². The van der Waals surface area contributed by atoms with E-state index in [-0.39, 0.29) is 30.5 Å². The van der Waals surface area contributed by atoms with E-state index in [0.29, 0.717) is 13.1 Å². The molecule has 0 fully saturated rings. The van der Waals surface area contributed by atoms with Gasteiger partial charge in [0.1, 0.15) is 5.82 Å². The van der Waals surface area contributed by atoms with E-state index >= 15 is 0 Å². The molecule has 0 bridgehead atoms. The average Bonchev–Trinajstić information content (AvgIpc) is 3.12. The molecular formula is C19H30N6O3S. The number of nitrogens with two attached hydrogens (primary N) is 1. The molecule has 0 atom stereocenters. The minimum atomic E-state index is -0.648. The number of thiazole rings is 1. The number of hydrogen-bond donors (Lipinski definition) is 2. The molecule has 0 aliphatic rings. The molecule has 160 valence electrons. The molecule has 0 aromatic carbocycles. The Labute approximate surface area is 174 Å². The molecule has 0 aliphatic carbocycles. The number of likely N-dealkylation sites (N-methyl/N-ethyl adjacent to an activating group) is 2. The van der Waals surface area contributed by atoms with Crippen molar-refractivity contribution in [3.8, 4) is 0 Å². The smallest absolute Gasteiger partial charge is 0.330 e. The maximum absolute atomic E-state index is 12.9. The van der Waals surface area contributed by atoms with Crippen LogP contribution in [0.25, 0.3) is 0 Å². The van der Waals surface area contributed by atoms with Crippen molar-refractivity contribution in [2.45, 2.75) is 53.1 Å². The molecule has 10 heteroatoms. The van der Waals surface area contributed by atoms with Gasteiger partial charge in [-0.25, -0.2) is 9.78 Å². The number of nitrogens with one attached hydrogen (secondary N) is 1. The zero-order valence-electron chi connectivity index (χ0n) is 17.5. The van der Waals surface area contributed by atoms with E-state index in [4.69, 9.17) is 5.73 Å². The van der Waals surface area contributed by atoms with Gasteiger partial charge in [0.15, 0.2) is 5.69 Å². The third kappa shape index (κ3) is 5.54. The Morgan fingerprint density at radius 2 is 2.03 bits per heavy atom. The number of anilines is 2. The van der Waals surface area contributed by atoms with Gasteiger partial charge in [0.2, 0.25) is 5.91 Å². The van der Waals surface area contributed by atoms with Crippen molar-refractivity contribution >= 4 is 28.7 Å². The van der Waals surface area contributed by atoms with Gasteiger partial charge >= 0.3 is 5.69 Å². The number of hydrogen-bond acceptors (Lipinski definition) is 7. The van der Waals surface area contributed by atoms with Gasteiger partial charge in [-0.15, -0.1) is 11.3 Å². The Balaban J connectivity index is 2.22. The second-order valence-corrected chi connectivity index (χ2v) is 7.84. The second-order valence-electron chi connectivity index (χ2n) is 6.89. The van der Waals surface area contributed by atoms with Gasteiger partial charge in [0.05, 0.1) is 17.2 Å². The normalized spacial score (nSPS) is 11.2. The van der Waals surface area contributed by atoms with Crippen LogP contribution >= 0.6 is 11.3 Å². The van der Waals surface area contributed by atoms with Gasteiger partial charge in [-0.1, -0.05) is 20.3 Å². The second kappa shape index (κ2) is 10.4. The number of carbonyl (C=O) groups is 1. The molecule has 2 heterocycles. The van der Waals surface area contributed by atoms with Crippen LogP contribution in [0.2, 0.25) is 0 Å². The summed E-state index contributed by atoms with van der Waals surface area (Å²) < 4.78 is 1.32. The highest BCUT2D eigenvalue weighted by atomic mass is 32.1. The number of amides is 1. The lowest BCUT2D eigenvalue weighted by atomic mass is 10.3. The van der Waals surface area contributed by atoms with Crippen LogP contribution in [0.5, 0.6) is 0 Å². The summed E-state index contributed by atoms with van der Waals surface area (Å²) in [5, 5.41) is 3.05. The summed E-state index contributed by atoms with van der Waals surface area (Å²) in [6.07, 6.45) is 2.50. The van der Waals surface area contributed by atoms with Crippen molar-refractivity contribution < 1.29 is 4.79 Å². The van der Waals surface area contributed by atoms with Crippen molar-refractivity contribution in [1.82, 2.24) is 19.4 Å². The van der Waals surface area contributed by atoms with Crippen LogP contribution in [0, 0.1) is 0 Å². The molecule has 2 rings (SSSR count). The number of nitrogen functional groups attached to an aromatic ring is 1. The maximum Gasteiger partial charge on any atom is 0.330 e. The monoisotopic (exact) mass is 422 g/mol. The summed E-state index contributed by atoms with van der Waals surface area (Å²) in [4.78, 5) is 47.5. The Hall–Kier alpha value is -2.46. The third-order valence-electron chi connectivity index (χ3n) is 4.58. The largest absolute Gasteiger partial charge is 0.383 e. The van der Waals surface area contributed by atoms with E-state index in [9.17, 15) is 14.4 Å². The van der Waals surface area contributed by atoms with Gasteiger partial charge < -0.3 is 10.6 Å². The van der Waals surface area contributed by atoms with Crippen molar-refractivity contribution in [1.29, 1.82) is 0 Å². The molecule has 0 saturated heterocycles. The minimum Gasteiger partial charge on any atom is -0.383 e. The van der Waals surface area contributed by atoms with E-state index < -0.39 is 11.2 Å². The topological polar surface area (TPSA) is 117 Å². The van der Waals surface area contributed by atoms with Gasteiger partial charge in [-0.3, -0.25) is 24.0 Å². The SMILES string of the molecule is CCCCn1c(N)c(N(CC)C(=O)CN(C)Cc2csc(CC)n2)c(=O)[nH]c1=O. The number of rotatable bonds is 10. The molecule has 0 radical (unpaired) electrons. The van der Waals surface area contributed by atoms with E-state index in [0.717, 1.165) is 30.0 Å². The molecule has 0 spiro atoms. The number of carbonyl (C=O) groups excluding carboxylic acids is 1. The van der Waals surface area contributed by atoms with Crippen LogP contribution in [0.15, 0.2) is 15.0 Å². The fraction of sp³-hybridized carbons (Fsp3) is 0.579. The number of aromatic amines is 1. The van der Waals surface area contributed by atoms with Crippen LogP contribution in [0.4, 0.5) is 11.5 Å². The van der Waals surface area contributed by atoms with Crippen LogP contribution in [-0.2, 0) is 24.3 Å². The van der Waals surface area contributed by atoms with Gasteiger partial charge in [-0.2, -0.15) is 0 Å². The zero-order chi connectivity index (χ0) is 21.6. The lowest BCUT2D eigenvalue weighted by Gasteiger charge is -2.25. The molecule has 0 saturated carbocycles. The summed E-state index contributed by atoms with van der Waals surface area (Å²) >= 11 is 1.60. The van der Waals surface area contributed by atoms with Gasteiger partial charge in [0, 0.05) is 25.0 Å². The number of nitrogens with zero attached hydrogens (tertiary/aromatic N) is 4. The lowest BCUT2D eigenvalue weighted by molar-refractivity contribution is -0.119. The Bertz CT molecular complexity index is 948. The first kappa shape index (κ1) is 22.8. The van der Waals surface area contributed by atoms with E-state index in [1.54, 1.807) is 18.3 Å². The predicted molar refractivity (Wildman–Crippen MR) is 116 cm³/mol. The van der Waals surface area contributed by atoms with Crippen molar-refractivity contribution in [3.05, 3.63) is 36.9 Å². The van der Waals surface area contributed by atoms with Crippen molar-refractivity contribution in [2.75, 3.05) is 30.8 Å². The molecule has 2 aromatic heterocycles. The summed E-state index contributed by atoms with van der Waals surface area (Å²) in [7, 11) is 1.83. The Morgan fingerprint density at radius 3 is 2.62 bits per heavy atom. The summed E-state index contributed by atoms with van der Waals surface area (Å²) in [5.74, 6) is -0.240. The third-order valence-corrected chi connectivity index (χ3v) is 5.62. The summed E-state index contributed by atoms with van der Waals surface area (Å²) in [6, 6.07) is 0. The number of H-pyrrole nitrogens is 1. The zero-order valence-corrected chi connectivity index (χ0v) is 18.3. The molecule has 9 nitrogen and oxygen atoms in total. The van der Waals surface area contributed by atoms with Crippen LogP contribution in [-0.4, -0.2) is 45.5 Å². The summed E-state index contributed by atoms with van der Waals surface area (Å²) in [5.41, 5.74) is 5.88. The first-order chi connectivity index (χ1) is 13.8. The predicted octanol–water partition coefficient (Wildman–Crippen LogP) is 1.42. The van der Waals surface area contributed by atoms with E-state index in [1.807, 2.05) is 24.3 Å². The van der Waals surface area contributed by atoms with Gasteiger partial charge in [-0.05, 0) is 26.8 Å². The highest BCUT2D eigenvalue weighted by Gasteiger charge is 2.24. The molecular weight excluding hydrogens is 392 g/mol. The Kier molecular flexibility index (Phi) is 8.15. The number of aromatic nitrogens is 3. The molecule has 1 amide bonds. The number of unbranched alkanes of at least 4 members (excludes halogenated alkanes) is 1. The first-order valence-electron chi connectivity index (χ1n) is 9.87. The highest BCUT2D eigenvalue weighted by molar-refractivity contribution is 7.09. The van der Waals surface area contributed by atoms with Crippen LogP contribution in [0.1, 0.15) is 44.3 Å². The van der Waals surface area contributed by atoms with Crippen LogP contribution < -0.4 is 21.9 Å². The maximum atomic E-state index is 12.9. The van der Waals surface area contributed by atoms with Crippen LogP contribution in [0.3, 0.4) is 0 Å². The fourth-order valence-corrected chi connectivity index (χ4v) is 3.80. The Morgan fingerprint density at radius 1 is 1.31 bits per heavy atom. The summed E-state index contributed by atoms with van der Waals surface area (Å²) in [6.45, 7) is 7.10. The minimum absolute atomic E-state index is 0.0251. The number of aryl methyl sites for hydroxylation is 1. The first-order valence-corrected chi connectivity index (χ1v) is 10.7. The quantitative estimate of drug-likeness (QED) is 0.598. The lowest BCUT2D eigenvalue weighted by Crippen LogP contribution is -2.44. The van der Waals surface area contributed by atoms with E-state index in [1.165, 1.54) is 9.47 Å². The standard InChI is InChI=1S/C19H30N6O3S/c1-5-8-9-25-17(20)16(18(27)22-19(25)28)24(7-3)15(26)11-23(4)10-13-12-29-14(6-2)21-13/h12H,5-11,20H2,1-4H3,(H,22,27,28). The average molecular weight is 423 g/mol. The molecule has 3 N–H and O–H groups in total. The van der Waals surface area contributed by atoms with Crippen molar-refractivity contribution in [2.24, 2.45) is 0 Å². The molecule has 0 aliphatic heterocycles. The van der Waals surface area contributed by atoms with Gasteiger partial charge in [0.25, 0.3) is 5.56 Å². The molecule has 29 heavy (non-hydrogen) atoms. The molecule has 0 unspecified atom stereocenters. The molecule has 2 aromatic rings. The fourth-order valence-electron chi connectivity index (χ4n) is 3.07. The van der Waals surface area contributed by atoms with Crippen molar-refractivity contribution in [3.63, 3.8) is 0 Å².